The molecule has 2 N–H and O–H groups in total. The van der Waals surface area contributed by atoms with Crippen LogP contribution < -0.4 is 10.6 Å². The molecule has 2 saturated heterocycles. The number of nitrogens with zero attached hydrogens (tertiary/aromatic N) is 4. The van der Waals surface area contributed by atoms with Crippen LogP contribution in [-0.4, -0.2) is 46.9 Å². The molecule has 2 aliphatic rings. The van der Waals surface area contributed by atoms with Crippen molar-refractivity contribution in [1.29, 1.82) is 0 Å². The van der Waals surface area contributed by atoms with Crippen molar-refractivity contribution in [2.45, 2.75) is 32.6 Å². The van der Waals surface area contributed by atoms with Crippen molar-refractivity contribution < 1.29 is 9.72 Å². The zero-order chi connectivity index (χ0) is 17.3. The molecule has 2 fully saturated rings. The van der Waals surface area contributed by atoms with Crippen LogP contribution in [0.1, 0.15) is 31.2 Å². The third-order valence-electron chi connectivity index (χ3n) is 4.89. The van der Waals surface area contributed by atoms with Gasteiger partial charge in [-0.25, -0.2) is 4.98 Å². The van der Waals surface area contributed by atoms with Crippen LogP contribution in [-0.2, 0) is 4.79 Å². The number of aryl methyl sites for hydroxylation is 1. The Labute approximate surface area is 140 Å². The number of amides is 1. The lowest BCUT2D eigenvalue weighted by Gasteiger charge is -2.34. The SMILES string of the molecule is Cc1cc(N2CCCC(C(=O)N3CCCC3)C2)nc(N)c1[N+](=O)[O-]. The van der Waals surface area contributed by atoms with Gasteiger partial charge in [-0.05, 0) is 38.7 Å². The summed E-state index contributed by atoms with van der Waals surface area (Å²) >= 11 is 0. The zero-order valence-electron chi connectivity index (χ0n) is 13.9. The number of carbonyl (C=O) groups excluding carboxylic acids is 1. The lowest BCUT2D eigenvalue weighted by molar-refractivity contribution is -0.384. The molecular weight excluding hydrogens is 310 g/mol. The van der Waals surface area contributed by atoms with E-state index in [1.165, 1.54) is 0 Å². The van der Waals surface area contributed by atoms with Crippen LogP contribution in [0, 0.1) is 23.0 Å². The number of pyridine rings is 1. The van der Waals surface area contributed by atoms with E-state index in [1.807, 2.05) is 9.80 Å². The lowest BCUT2D eigenvalue weighted by atomic mass is 9.96. The fraction of sp³-hybridized carbons (Fsp3) is 0.625. The number of likely N-dealkylation sites (tertiary alicyclic amines) is 1. The third kappa shape index (κ3) is 3.13. The van der Waals surface area contributed by atoms with Gasteiger partial charge in [0.2, 0.25) is 11.7 Å². The summed E-state index contributed by atoms with van der Waals surface area (Å²) < 4.78 is 0. The van der Waals surface area contributed by atoms with E-state index in [4.69, 9.17) is 5.73 Å². The topological polar surface area (TPSA) is 106 Å². The summed E-state index contributed by atoms with van der Waals surface area (Å²) in [6.07, 6.45) is 3.96. The molecule has 8 heteroatoms. The second-order valence-electron chi connectivity index (χ2n) is 6.61. The smallest absolute Gasteiger partial charge is 0.314 e. The number of hydrogen-bond donors (Lipinski definition) is 1. The second-order valence-corrected chi connectivity index (χ2v) is 6.61. The van der Waals surface area contributed by atoms with Gasteiger partial charge in [-0.3, -0.25) is 14.9 Å². The van der Waals surface area contributed by atoms with Crippen LogP contribution in [0.5, 0.6) is 0 Å². The molecule has 3 rings (SSSR count). The molecular formula is C16H23N5O3. The number of nitrogen functional groups attached to an aromatic ring is 1. The summed E-state index contributed by atoms with van der Waals surface area (Å²) in [6, 6.07) is 1.69. The van der Waals surface area contributed by atoms with Crippen LogP contribution in [0.25, 0.3) is 0 Å². The summed E-state index contributed by atoms with van der Waals surface area (Å²) in [7, 11) is 0. The minimum absolute atomic E-state index is 0.0321. The number of aromatic nitrogens is 1. The van der Waals surface area contributed by atoms with E-state index in [-0.39, 0.29) is 23.3 Å². The summed E-state index contributed by atoms with van der Waals surface area (Å²) in [4.78, 5) is 31.3. The van der Waals surface area contributed by atoms with E-state index >= 15 is 0 Å². The number of nitrogens with two attached hydrogens (primary N) is 1. The quantitative estimate of drug-likeness (QED) is 0.667. The number of nitro groups is 1. The maximum atomic E-state index is 12.6. The second kappa shape index (κ2) is 6.62. The average molecular weight is 333 g/mol. The number of anilines is 2. The number of rotatable bonds is 3. The fourth-order valence-corrected chi connectivity index (χ4v) is 3.65. The van der Waals surface area contributed by atoms with E-state index in [0.717, 1.165) is 45.3 Å². The summed E-state index contributed by atoms with van der Waals surface area (Å²) in [5, 5.41) is 11.0. The molecule has 0 aromatic carbocycles. The highest BCUT2D eigenvalue weighted by Crippen LogP contribution is 2.30. The molecule has 1 atom stereocenters. The fourth-order valence-electron chi connectivity index (χ4n) is 3.65. The Balaban J connectivity index is 1.77. The Morgan fingerprint density at radius 3 is 2.67 bits per heavy atom. The highest BCUT2D eigenvalue weighted by Gasteiger charge is 2.31. The average Bonchev–Trinajstić information content (AvgIpc) is 3.07. The molecule has 1 aromatic heterocycles. The van der Waals surface area contributed by atoms with E-state index < -0.39 is 4.92 Å². The number of carbonyl (C=O) groups is 1. The van der Waals surface area contributed by atoms with Crippen LogP contribution in [0.4, 0.5) is 17.3 Å². The Kier molecular flexibility index (Phi) is 4.55. The first-order chi connectivity index (χ1) is 11.5. The van der Waals surface area contributed by atoms with Gasteiger partial charge < -0.3 is 15.5 Å². The van der Waals surface area contributed by atoms with Gasteiger partial charge >= 0.3 is 5.69 Å². The van der Waals surface area contributed by atoms with Crippen molar-refractivity contribution in [2.24, 2.45) is 5.92 Å². The molecule has 0 saturated carbocycles. The molecule has 0 aliphatic carbocycles. The Morgan fingerprint density at radius 2 is 2.04 bits per heavy atom. The summed E-state index contributed by atoms with van der Waals surface area (Å²) in [6.45, 7) is 4.76. The van der Waals surface area contributed by atoms with Gasteiger partial charge in [0, 0.05) is 31.7 Å². The number of hydrogen-bond acceptors (Lipinski definition) is 6. The summed E-state index contributed by atoms with van der Waals surface area (Å²) in [5.41, 5.74) is 6.13. The lowest BCUT2D eigenvalue weighted by Crippen LogP contribution is -2.44. The minimum atomic E-state index is -0.503. The van der Waals surface area contributed by atoms with Gasteiger partial charge in [0.1, 0.15) is 5.82 Å². The van der Waals surface area contributed by atoms with Gasteiger partial charge in [-0.2, -0.15) is 0 Å². The van der Waals surface area contributed by atoms with E-state index in [2.05, 4.69) is 4.98 Å². The maximum Gasteiger partial charge on any atom is 0.314 e. The normalized spacial score (nSPS) is 21.1. The molecule has 0 bridgehead atoms. The molecule has 8 nitrogen and oxygen atoms in total. The van der Waals surface area contributed by atoms with Gasteiger partial charge in [-0.15, -0.1) is 0 Å². The zero-order valence-corrected chi connectivity index (χ0v) is 13.9. The Morgan fingerprint density at radius 1 is 1.33 bits per heavy atom. The Bertz CT molecular complexity index is 634. The van der Waals surface area contributed by atoms with Crippen molar-refractivity contribution in [3.63, 3.8) is 0 Å². The first kappa shape index (κ1) is 16.5. The van der Waals surface area contributed by atoms with Gasteiger partial charge in [0.05, 0.1) is 10.8 Å². The molecule has 2 aliphatic heterocycles. The maximum absolute atomic E-state index is 12.6. The first-order valence-electron chi connectivity index (χ1n) is 8.42. The molecule has 24 heavy (non-hydrogen) atoms. The van der Waals surface area contributed by atoms with Crippen molar-refractivity contribution in [1.82, 2.24) is 9.88 Å². The van der Waals surface area contributed by atoms with Gasteiger partial charge in [0.25, 0.3) is 0 Å². The van der Waals surface area contributed by atoms with E-state index in [1.54, 1.807) is 13.0 Å². The van der Waals surface area contributed by atoms with E-state index in [0.29, 0.717) is 17.9 Å². The molecule has 1 aromatic rings. The molecule has 1 unspecified atom stereocenters. The number of piperidine rings is 1. The predicted molar refractivity (Wildman–Crippen MR) is 90.8 cm³/mol. The monoisotopic (exact) mass is 333 g/mol. The van der Waals surface area contributed by atoms with Crippen molar-refractivity contribution in [2.75, 3.05) is 36.8 Å². The van der Waals surface area contributed by atoms with E-state index in [9.17, 15) is 14.9 Å². The largest absolute Gasteiger partial charge is 0.378 e. The molecule has 130 valence electrons. The summed E-state index contributed by atoms with van der Waals surface area (Å²) in [5.74, 6) is 0.747. The van der Waals surface area contributed by atoms with Crippen LogP contribution in [0.2, 0.25) is 0 Å². The van der Waals surface area contributed by atoms with Crippen molar-refractivity contribution in [3.8, 4) is 0 Å². The molecule has 0 spiro atoms. The highest BCUT2D eigenvalue weighted by molar-refractivity contribution is 5.80. The molecule has 0 radical (unpaired) electrons. The first-order valence-corrected chi connectivity index (χ1v) is 8.42. The predicted octanol–water partition coefficient (Wildman–Crippen LogP) is 1.72. The van der Waals surface area contributed by atoms with Crippen molar-refractivity contribution >= 4 is 23.2 Å². The third-order valence-corrected chi connectivity index (χ3v) is 4.89. The molecule has 3 heterocycles. The van der Waals surface area contributed by atoms with Gasteiger partial charge in [0.15, 0.2) is 0 Å². The Hall–Kier alpha value is -2.38. The highest BCUT2D eigenvalue weighted by atomic mass is 16.6. The van der Waals surface area contributed by atoms with Crippen LogP contribution in [0.3, 0.4) is 0 Å². The van der Waals surface area contributed by atoms with Crippen LogP contribution in [0.15, 0.2) is 6.07 Å². The van der Waals surface area contributed by atoms with Gasteiger partial charge in [-0.1, -0.05) is 0 Å². The minimum Gasteiger partial charge on any atom is -0.378 e. The standard InChI is InChI=1S/C16H23N5O3/c1-11-9-13(18-15(17)14(11)21(23)24)20-8-4-5-12(10-20)16(22)19-6-2-3-7-19/h9,12H,2-8,10H2,1H3,(H2,17,18). The van der Waals surface area contributed by atoms with Crippen molar-refractivity contribution in [3.05, 3.63) is 21.7 Å². The molecule has 1 amide bonds. The van der Waals surface area contributed by atoms with Crippen LogP contribution >= 0.6 is 0 Å².